The standard InChI is InChI=1S/C13H18N2O3/c1-15-7-9(8-15)18-12-5-3-2-4-10(12)11(14)6-13(16)17/h2-5,9,11H,6-8,14H2,1H3,(H,16,17). The van der Waals surface area contributed by atoms with Crippen LogP contribution in [0.4, 0.5) is 0 Å². The predicted molar refractivity (Wildman–Crippen MR) is 67.5 cm³/mol. The third-order valence-electron chi connectivity index (χ3n) is 3.04. The van der Waals surface area contributed by atoms with E-state index < -0.39 is 12.0 Å². The van der Waals surface area contributed by atoms with Gasteiger partial charge in [-0.05, 0) is 13.1 Å². The Kier molecular flexibility index (Phi) is 3.84. The molecule has 2 rings (SSSR count). The molecule has 5 heteroatoms. The molecule has 3 N–H and O–H groups in total. The fraction of sp³-hybridized carbons (Fsp3) is 0.462. The van der Waals surface area contributed by atoms with Crippen molar-refractivity contribution in [2.75, 3.05) is 20.1 Å². The van der Waals surface area contributed by atoms with E-state index in [1.165, 1.54) is 0 Å². The number of benzene rings is 1. The van der Waals surface area contributed by atoms with Crippen LogP contribution in [0.5, 0.6) is 5.75 Å². The second-order valence-corrected chi connectivity index (χ2v) is 4.70. The van der Waals surface area contributed by atoms with Crippen LogP contribution in [-0.4, -0.2) is 42.2 Å². The molecule has 1 aromatic carbocycles. The van der Waals surface area contributed by atoms with Crippen LogP contribution in [0.2, 0.25) is 0 Å². The van der Waals surface area contributed by atoms with E-state index in [9.17, 15) is 4.79 Å². The number of aliphatic carboxylic acids is 1. The van der Waals surface area contributed by atoms with Gasteiger partial charge in [0.25, 0.3) is 0 Å². The predicted octanol–water partition coefficient (Wildman–Crippen LogP) is 0.854. The van der Waals surface area contributed by atoms with Gasteiger partial charge in [-0.2, -0.15) is 0 Å². The van der Waals surface area contributed by atoms with Gasteiger partial charge in [-0.1, -0.05) is 18.2 Å². The van der Waals surface area contributed by atoms with Crippen LogP contribution in [0, 0.1) is 0 Å². The number of nitrogens with zero attached hydrogens (tertiary/aromatic N) is 1. The lowest BCUT2D eigenvalue weighted by atomic mass is 10.0. The zero-order valence-corrected chi connectivity index (χ0v) is 10.4. The molecule has 0 saturated carbocycles. The number of carbonyl (C=O) groups is 1. The molecule has 0 aromatic heterocycles. The van der Waals surface area contributed by atoms with Gasteiger partial charge in [0, 0.05) is 24.7 Å². The Balaban J connectivity index is 2.07. The summed E-state index contributed by atoms with van der Waals surface area (Å²) in [5, 5.41) is 8.78. The third-order valence-corrected chi connectivity index (χ3v) is 3.04. The maximum atomic E-state index is 10.7. The number of hydrogen-bond donors (Lipinski definition) is 2. The molecule has 0 amide bonds. The lowest BCUT2D eigenvalue weighted by Gasteiger charge is -2.36. The van der Waals surface area contributed by atoms with E-state index >= 15 is 0 Å². The summed E-state index contributed by atoms with van der Waals surface area (Å²) in [5.74, 6) is -0.204. The Morgan fingerprint density at radius 1 is 1.56 bits per heavy atom. The molecule has 1 aromatic rings. The minimum Gasteiger partial charge on any atom is -0.487 e. The SMILES string of the molecule is CN1CC(Oc2ccccc2C(N)CC(=O)O)C1. The normalized spacial score (nSPS) is 18.1. The first-order valence-corrected chi connectivity index (χ1v) is 5.97. The number of ether oxygens (including phenoxy) is 1. The van der Waals surface area contributed by atoms with Crippen LogP contribution in [0.25, 0.3) is 0 Å². The zero-order chi connectivity index (χ0) is 13.1. The number of rotatable bonds is 5. The minimum absolute atomic E-state index is 0.0923. The molecule has 1 saturated heterocycles. The Labute approximate surface area is 106 Å². The van der Waals surface area contributed by atoms with Crippen molar-refractivity contribution in [3.63, 3.8) is 0 Å². The average Bonchev–Trinajstić information content (AvgIpc) is 2.26. The van der Waals surface area contributed by atoms with Gasteiger partial charge in [0.05, 0.1) is 6.42 Å². The van der Waals surface area contributed by atoms with Crippen molar-refractivity contribution in [1.29, 1.82) is 0 Å². The molecule has 1 atom stereocenters. The fourth-order valence-corrected chi connectivity index (χ4v) is 2.09. The Morgan fingerprint density at radius 3 is 2.83 bits per heavy atom. The summed E-state index contributed by atoms with van der Waals surface area (Å²) < 4.78 is 5.84. The molecule has 1 fully saturated rings. The van der Waals surface area contributed by atoms with Gasteiger partial charge in [0.1, 0.15) is 11.9 Å². The highest BCUT2D eigenvalue weighted by molar-refractivity contribution is 5.68. The highest BCUT2D eigenvalue weighted by atomic mass is 16.5. The molecule has 5 nitrogen and oxygen atoms in total. The number of carboxylic acid groups (broad SMARTS) is 1. The summed E-state index contributed by atoms with van der Waals surface area (Å²) in [6.45, 7) is 1.78. The topological polar surface area (TPSA) is 75.8 Å². The Hall–Kier alpha value is -1.59. The van der Waals surface area contributed by atoms with Crippen LogP contribution < -0.4 is 10.5 Å². The second-order valence-electron chi connectivity index (χ2n) is 4.70. The molecule has 18 heavy (non-hydrogen) atoms. The molecule has 1 aliphatic heterocycles. The van der Waals surface area contributed by atoms with Gasteiger partial charge in [0.2, 0.25) is 0 Å². The lowest BCUT2D eigenvalue weighted by molar-refractivity contribution is -0.137. The Bertz CT molecular complexity index is 430. The number of hydrogen-bond acceptors (Lipinski definition) is 4. The molecule has 0 aliphatic carbocycles. The van der Waals surface area contributed by atoms with Crippen molar-refractivity contribution in [3.05, 3.63) is 29.8 Å². The number of para-hydroxylation sites is 1. The molecule has 0 bridgehead atoms. The van der Waals surface area contributed by atoms with Crippen LogP contribution in [0.15, 0.2) is 24.3 Å². The fourth-order valence-electron chi connectivity index (χ4n) is 2.09. The number of carboxylic acids is 1. The van der Waals surface area contributed by atoms with Crippen LogP contribution in [0.1, 0.15) is 18.0 Å². The van der Waals surface area contributed by atoms with E-state index in [1.54, 1.807) is 0 Å². The molecular weight excluding hydrogens is 232 g/mol. The monoisotopic (exact) mass is 250 g/mol. The van der Waals surface area contributed by atoms with E-state index in [2.05, 4.69) is 4.90 Å². The number of nitrogens with two attached hydrogens (primary N) is 1. The number of likely N-dealkylation sites (N-methyl/N-ethyl adjacent to an activating group) is 1. The molecular formula is C13H18N2O3. The third kappa shape index (κ3) is 3.00. The maximum Gasteiger partial charge on any atom is 0.305 e. The summed E-state index contributed by atoms with van der Waals surface area (Å²) >= 11 is 0. The molecule has 0 spiro atoms. The second kappa shape index (κ2) is 5.37. The summed E-state index contributed by atoms with van der Waals surface area (Å²) in [5.41, 5.74) is 6.65. The summed E-state index contributed by atoms with van der Waals surface area (Å²) in [7, 11) is 2.03. The van der Waals surface area contributed by atoms with Crippen LogP contribution in [0.3, 0.4) is 0 Å². The van der Waals surface area contributed by atoms with Crippen molar-refractivity contribution in [3.8, 4) is 5.75 Å². The first-order valence-electron chi connectivity index (χ1n) is 5.97. The quantitative estimate of drug-likeness (QED) is 0.810. The van der Waals surface area contributed by atoms with E-state index in [1.807, 2.05) is 31.3 Å². The highest BCUT2D eigenvalue weighted by Gasteiger charge is 2.26. The first kappa shape index (κ1) is 12.9. The zero-order valence-electron chi connectivity index (χ0n) is 10.4. The van der Waals surface area contributed by atoms with Crippen LogP contribution >= 0.6 is 0 Å². The van der Waals surface area contributed by atoms with Gasteiger partial charge in [-0.15, -0.1) is 0 Å². The van der Waals surface area contributed by atoms with Gasteiger partial charge in [-0.3, -0.25) is 9.69 Å². The highest BCUT2D eigenvalue weighted by Crippen LogP contribution is 2.27. The summed E-state index contributed by atoms with van der Waals surface area (Å²) in [6.07, 6.45) is 0.0819. The smallest absolute Gasteiger partial charge is 0.305 e. The summed E-state index contributed by atoms with van der Waals surface area (Å²) in [6, 6.07) is 6.85. The molecule has 1 unspecified atom stereocenters. The van der Waals surface area contributed by atoms with Gasteiger partial charge >= 0.3 is 5.97 Å². The van der Waals surface area contributed by atoms with Crippen molar-refractivity contribution in [2.45, 2.75) is 18.6 Å². The maximum absolute atomic E-state index is 10.7. The van der Waals surface area contributed by atoms with Gasteiger partial charge in [0.15, 0.2) is 0 Å². The van der Waals surface area contributed by atoms with Crippen molar-refractivity contribution in [1.82, 2.24) is 4.90 Å². The first-order chi connectivity index (χ1) is 8.56. The van der Waals surface area contributed by atoms with E-state index in [4.69, 9.17) is 15.6 Å². The van der Waals surface area contributed by atoms with Crippen molar-refractivity contribution >= 4 is 5.97 Å². The number of likely N-dealkylation sites (tertiary alicyclic amines) is 1. The lowest BCUT2D eigenvalue weighted by Crippen LogP contribution is -2.51. The van der Waals surface area contributed by atoms with Crippen LogP contribution in [-0.2, 0) is 4.79 Å². The van der Waals surface area contributed by atoms with Gasteiger partial charge in [-0.25, -0.2) is 0 Å². The molecule has 1 heterocycles. The summed E-state index contributed by atoms with van der Waals surface area (Å²) in [4.78, 5) is 12.9. The molecule has 1 aliphatic rings. The van der Waals surface area contributed by atoms with Crippen molar-refractivity contribution < 1.29 is 14.6 Å². The minimum atomic E-state index is -0.902. The van der Waals surface area contributed by atoms with E-state index in [-0.39, 0.29) is 12.5 Å². The Morgan fingerprint density at radius 2 is 2.22 bits per heavy atom. The largest absolute Gasteiger partial charge is 0.487 e. The van der Waals surface area contributed by atoms with E-state index in [0.717, 1.165) is 18.7 Å². The molecule has 98 valence electrons. The van der Waals surface area contributed by atoms with Crippen molar-refractivity contribution in [2.24, 2.45) is 5.73 Å². The van der Waals surface area contributed by atoms with E-state index in [0.29, 0.717) is 5.75 Å². The molecule has 0 radical (unpaired) electrons. The van der Waals surface area contributed by atoms with Gasteiger partial charge < -0.3 is 15.6 Å². The average molecular weight is 250 g/mol.